The molecule has 0 aliphatic rings. The number of thioether (sulfide) groups is 1. The summed E-state index contributed by atoms with van der Waals surface area (Å²) in [7, 11) is 0. The summed E-state index contributed by atoms with van der Waals surface area (Å²) in [4.78, 5) is 66.9. The summed E-state index contributed by atoms with van der Waals surface area (Å²) in [5.41, 5.74) is 0.683. The van der Waals surface area contributed by atoms with E-state index in [2.05, 4.69) is 26.6 Å². The van der Waals surface area contributed by atoms with Crippen molar-refractivity contribution in [2.24, 2.45) is 5.92 Å². The standard InChI is InChI=1S/C43H65F2N5O8S/c1-11-27-13-12-14-28(19-27)24-46-25-35(51)34(22-29-20-30(44)23-31(45)21-29)48-38(53)33(17-18-59-10)47-40(55)37(26(2)3)50-39(54)32(49-41(56)58-43(7,8)9)15-16-36(52)57-42(4,5)6/h12-14,19-21,23,26,32-35,37,46,51H,11,15-18,22,24-25H2,1-10H3,(H,47,55)(H,48,53)(H,49,56)(H,50,54)/t32-,33-,34+,35-,37+/m1/s1. The van der Waals surface area contributed by atoms with E-state index < -0.39 is 88.8 Å². The van der Waals surface area contributed by atoms with Gasteiger partial charge < -0.3 is 41.2 Å². The van der Waals surface area contributed by atoms with Gasteiger partial charge in [-0.25, -0.2) is 13.6 Å². The third kappa shape index (κ3) is 20.0. The predicted octanol–water partition coefficient (Wildman–Crippen LogP) is 5.10. The Morgan fingerprint density at radius 1 is 0.763 bits per heavy atom. The van der Waals surface area contributed by atoms with E-state index in [1.165, 1.54) is 11.8 Å². The van der Waals surface area contributed by atoms with Crippen molar-refractivity contribution in [3.8, 4) is 0 Å². The summed E-state index contributed by atoms with van der Waals surface area (Å²) in [6, 6.07) is 6.28. The number of hydrogen-bond acceptors (Lipinski definition) is 10. The molecule has 5 atom stereocenters. The molecule has 0 aliphatic heterocycles. The maximum absolute atomic E-state index is 14.2. The number of ether oxygens (including phenoxy) is 2. The lowest BCUT2D eigenvalue weighted by molar-refractivity contribution is -0.155. The summed E-state index contributed by atoms with van der Waals surface area (Å²) in [5, 5.41) is 25.3. The average Bonchev–Trinajstić information content (AvgIpc) is 3.11. The maximum Gasteiger partial charge on any atom is 0.408 e. The number of carbonyl (C=O) groups excluding carboxylic acids is 5. The third-order valence-electron chi connectivity index (χ3n) is 8.81. The number of nitrogens with one attached hydrogen (secondary N) is 5. The summed E-state index contributed by atoms with van der Waals surface area (Å²) in [6.45, 7) is 15.9. The largest absolute Gasteiger partial charge is 0.460 e. The number of benzene rings is 2. The fourth-order valence-corrected chi connectivity index (χ4v) is 6.42. The van der Waals surface area contributed by atoms with Gasteiger partial charge in [-0.1, -0.05) is 45.0 Å². The van der Waals surface area contributed by atoms with Crippen molar-refractivity contribution < 1.29 is 47.3 Å². The quantitative estimate of drug-likeness (QED) is 0.0873. The second-order valence-electron chi connectivity index (χ2n) is 16.9. The number of amides is 4. The monoisotopic (exact) mass is 849 g/mol. The fraction of sp³-hybridized carbons (Fsp3) is 0.605. The van der Waals surface area contributed by atoms with Crippen molar-refractivity contribution >= 4 is 41.5 Å². The highest BCUT2D eigenvalue weighted by atomic mass is 32.2. The first-order valence-electron chi connectivity index (χ1n) is 20.0. The summed E-state index contributed by atoms with van der Waals surface area (Å²) in [5.74, 6) is -4.38. The van der Waals surface area contributed by atoms with Crippen molar-refractivity contribution in [3.63, 3.8) is 0 Å². The van der Waals surface area contributed by atoms with Crippen LogP contribution in [0.2, 0.25) is 0 Å². The van der Waals surface area contributed by atoms with E-state index in [1.807, 2.05) is 37.4 Å². The van der Waals surface area contributed by atoms with Gasteiger partial charge in [0.25, 0.3) is 0 Å². The molecule has 13 nitrogen and oxygen atoms in total. The summed E-state index contributed by atoms with van der Waals surface area (Å²) >= 11 is 1.43. The van der Waals surface area contributed by atoms with Crippen LogP contribution in [-0.4, -0.2) is 94.9 Å². The van der Waals surface area contributed by atoms with Crippen LogP contribution in [0, 0.1) is 17.6 Å². The molecule has 0 bridgehead atoms. The molecule has 0 aliphatic carbocycles. The first kappa shape index (κ1) is 50.9. The lowest BCUT2D eigenvalue weighted by Crippen LogP contribution is -2.60. The van der Waals surface area contributed by atoms with E-state index >= 15 is 0 Å². The molecule has 330 valence electrons. The van der Waals surface area contributed by atoms with Gasteiger partial charge in [0, 0.05) is 25.6 Å². The number of alkyl carbamates (subject to hydrolysis) is 1. The van der Waals surface area contributed by atoms with Gasteiger partial charge in [-0.15, -0.1) is 0 Å². The molecule has 6 N–H and O–H groups in total. The van der Waals surface area contributed by atoms with Crippen LogP contribution in [0.1, 0.15) is 98.3 Å². The number of halogens is 2. The molecule has 2 rings (SSSR count). The molecular weight excluding hydrogens is 785 g/mol. The van der Waals surface area contributed by atoms with Crippen LogP contribution in [-0.2, 0) is 48.0 Å². The van der Waals surface area contributed by atoms with Gasteiger partial charge in [0.1, 0.15) is 41.0 Å². The van der Waals surface area contributed by atoms with Crippen molar-refractivity contribution in [1.82, 2.24) is 26.6 Å². The van der Waals surface area contributed by atoms with E-state index in [0.717, 1.165) is 35.7 Å². The van der Waals surface area contributed by atoms with Crippen LogP contribution >= 0.6 is 11.8 Å². The van der Waals surface area contributed by atoms with Crippen molar-refractivity contribution in [2.75, 3.05) is 18.6 Å². The molecule has 0 heterocycles. The van der Waals surface area contributed by atoms with Gasteiger partial charge in [0.05, 0.1) is 12.1 Å². The zero-order chi connectivity index (χ0) is 44.5. The minimum atomic E-state index is -1.29. The zero-order valence-corrected chi connectivity index (χ0v) is 36.9. The molecule has 0 saturated carbocycles. The predicted molar refractivity (Wildman–Crippen MR) is 225 cm³/mol. The Balaban J connectivity index is 2.30. The highest BCUT2D eigenvalue weighted by molar-refractivity contribution is 7.98. The second-order valence-corrected chi connectivity index (χ2v) is 17.9. The molecule has 4 amide bonds. The fourth-order valence-electron chi connectivity index (χ4n) is 5.94. The molecule has 2 aromatic carbocycles. The molecule has 0 fully saturated rings. The van der Waals surface area contributed by atoms with Gasteiger partial charge in [-0.2, -0.15) is 11.8 Å². The molecule has 16 heteroatoms. The number of esters is 1. The topological polar surface area (TPSA) is 184 Å². The highest BCUT2D eigenvalue weighted by Gasteiger charge is 2.34. The van der Waals surface area contributed by atoms with Gasteiger partial charge in [-0.3, -0.25) is 19.2 Å². The summed E-state index contributed by atoms with van der Waals surface area (Å²) < 4.78 is 39.2. The zero-order valence-electron chi connectivity index (χ0n) is 36.1. The Hall–Kier alpha value is -4.28. The maximum atomic E-state index is 14.2. The number of carbonyl (C=O) groups is 5. The number of aliphatic hydroxyl groups is 1. The van der Waals surface area contributed by atoms with E-state index in [0.29, 0.717) is 12.3 Å². The van der Waals surface area contributed by atoms with Crippen molar-refractivity contribution in [2.45, 2.75) is 142 Å². The Morgan fingerprint density at radius 3 is 1.93 bits per heavy atom. The van der Waals surface area contributed by atoms with Crippen LogP contribution in [0.3, 0.4) is 0 Å². The number of hydrogen-bond donors (Lipinski definition) is 6. The highest BCUT2D eigenvalue weighted by Crippen LogP contribution is 2.16. The Labute approximate surface area is 352 Å². The number of aryl methyl sites for hydroxylation is 1. The summed E-state index contributed by atoms with van der Waals surface area (Å²) in [6.07, 6.45) is 0.221. The van der Waals surface area contributed by atoms with Crippen LogP contribution in [0.15, 0.2) is 42.5 Å². The Morgan fingerprint density at radius 2 is 1.36 bits per heavy atom. The van der Waals surface area contributed by atoms with Gasteiger partial charge in [0.15, 0.2) is 0 Å². The molecule has 2 aromatic rings. The third-order valence-corrected chi connectivity index (χ3v) is 9.45. The number of aliphatic hydroxyl groups excluding tert-OH is 1. The molecule has 59 heavy (non-hydrogen) atoms. The van der Waals surface area contributed by atoms with E-state index in [-0.39, 0.29) is 37.8 Å². The molecule has 0 aromatic heterocycles. The lowest BCUT2D eigenvalue weighted by atomic mass is 9.99. The Kier molecular flexibility index (Phi) is 20.8. The normalized spacial score (nSPS) is 14.3. The van der Waals surface area contributed by atoms with Crippen LogP contribution in [0.25, 0.3) is 0 Å². The lowest BCUT2D eigenvalue weighted by Gasteiger charge is -2.30. The van der Waals surface area contributed by atoms with Crippen LogP contribution in [0.4, 0.5) is 13.6 Å². The van der Waals surface area contributed by atoms with Crippen LogP contribution < -0.4 is 26.6 Å². The average molecular weight is 850 g/mol. The molecular formula is C43H65F2N5O8S. The molecule has 0 radical (unpaired) electrons. The minimum Gasteiger partial charge on any atom is -0.460 e. The minimum absolute atomic E-state index is 0.0226. The van der Waals surface area contributed by atoms with Gasteiger partial charge in [-0.05, 0) is 114 Å². The van der Waals surface area contributed by atoms with E-state index in [4.69, 9.17) is 9.47 Å². The SMILES string of the molecule is CCc1cccc(CNC[C@@H](O)[C@H](Cc2cc(F)cc(F)c2)NC(=O)[C@@H](CCSC)NC(=O)[C@@H](NC(=O)[C@@H](CCC(=O)OC(C)(C)C)NC(=O)OC(C)(C)C)C(C)C)c1. The van der Waals surface area contributed by atoms with E-state index in [1.54, 1.807) is 55.4 Å². The second kappa shape index (κ2) is 24.1. The van der Waals surface area contributed by atoms with Crippen LogP contribution in [0.5, 0.6) is 0 Å². The Bertz CT molecular complexity index is 1680. The molecule has 0 spiro atoms. The molecule has 0 unspecified atom stereocenters. The van der Waals surface area contributed by atoms with Gasteiger partial charge >= 0.3 is 12.1 Å². The smallest absolute Gasteiger partial charge is 0.408 e. The first-order valence-corrected chi connectivity index (χ1v) is 21.4. The van der Waals surface area contributed by atoms with Gasteiger partial charge in [0.2, 0.25) is 17.7 Å². The molecule has 0 saturated heterocycles. The van der Waals surface area contributed by atoms with Crippen molar-refractivity contribution in [3.05, 3.63) is 70.8 Å². The van der Waals surface area contributed by atoms with Crippen molar-refractivity contribution in [1.29, 1.82) is 0 Å². The van der Waals surface area contributed by atoms with E-state index in [9.17, 15) is 37.9 Å². The first-order chi connectivity index (χ1) is 27.5. The number of rotatable bonds is 22.